The molecule has 0 heterocycles. The second kappa shape index (κ2) is 6.67. The predicted molar refractivity (Wildman–Crippen MR) is 88.9 cm³/mol. The lowest BCUT2D eigenvalue weighted by atomic mass is 10.0. The van der Waals surface area contributed by atoms with Crippen molar-refractivity contribution in [2.24, 2.45) is 0 Å². The van der Waals surface area contributed by atoms with Crippen LogP contribution >= 0.6 is 55.1 Å². The van der Waals surface area contributed by atoms with Crippen LogP contribution in [0, 0.1) is 0 Å². The summed E-state index contributed by atoms with van der Waals surface area (Å²) in [5, 5.41) is 11.6. The number of hydrogen-bond donors (Lipinski definition) is 1. The average Bonchev–Trinajstić information content (AvgIpc) is 2.40. The molecule has 2 aromatic rings. The zero-order valence-corrected chi connectivity index (χ0v) is 15.0. The summed E-state index contributed by atoms with van der Waals surface area (Å²) in [4.78, 5) is 0. The van der Waals surface area contributed by atoms with Gasteiger partial charge in [-0.1, -0.05) is 29.3 Å². The Morgan fingerprint density at radius 2 is 1.80 bits per heavy atom. The van der Waals surface area contributed by atoms with E-state index in [4.69, 9.17) is 27.9 Å². The summed E-state index contributed by atoms with van der Waals surface area (Å²) < 4.78 is 6.78. The predicted octanol–water partition coefficient (Wildman–Crippen LogP) is 5.61. The Kier molecular flexibility index (Phi) is 5.37. The first kappa shape index (κ1) is 16.1. The molecule has 0 fully saturated rings. The molecule has 106 valence electrons. The molecule has 1 N–H and O–H groups in total. The Balaban J connectivity index is 2.52. The second-order valence-electron chi connectivity index (χ2n) is 4.09. The van der Waals surface area contributed by atoms with Crippen LogP contribution in [-0.4, -0.2) is 12.2 Å². The van der Waals surface area contributed by atoms with Crippen molar-refractivity contribution < 1.29 is 9.84 Å². The summed E-state index contributed by atoms with van der Waals surface area (Å²) in [5.74, 6) is 0.543. The lowest BCUT2D eigenvalue weighted by Gasteiger charge is -2.17. The molecule has 6 heteroatoms. The highest BCUT2D eigenvalue weighted by molar-refractivity contribution is 9.10. The van der Waals surface area contributed by atoms with Crippen molar-refractivity contribution in [2.75, 3.05) is 7.11 Å². The van der Waals surface area contributed by atoms with E-state index in [1.54, 1.807) is 37.4 Å². The summed E-state index contributed by atoms with van der Waals surface area (Å²) in [5.41, 5.74) is 1.23. The molecule has 0 amide bonds. The Bertz CT molecular complexity index is 647. The van der Waals surface area contributed by atoms with Gasteiger partial charge >= 0.3 is 0 Å². The number of aliphatic hydroxyl groups excluding tert-OH is 1. The first-order chi connectivity index (χ1) is 9.43. The molecule has 0 spiro atoms. The Morgan fingerprint density at radius 3 is 2.40 bits per heavy atom. The molecule has 20 heavy (non-hydrogen) atoms. The van der Waals surface area contributed by atoms with Crippen molar-refractivity contribution in [3.63, 3.8) is 0 Å². The summed E-state index contributed by atoms with van der Waals surface area (Å²) in [6.07, 6.45) is -0.884. The first-order valence-electron chi connectivity index (χ1n) is 5.60. The minimum Gasteiger partial charge on any atom is -0.495 e. The summed E-state index contributed by atoms with van der Waals surface area (Å²) in [6.45, 7) is 0. The van der Waals surface area contributed by atoms with Crippen LogP contribution in [0.5, 0.6) is 5.75 Å². The van der Waals surface area contributed by atoms with Gasteiger partial charge in [-0.3, -0.25) is 0 Å². The van der Waals surface area contributed by atoms with Crippen LogP contribution in [0.4, 0.5) is 0 Å². The monoisotopic (exact) mass is 438 g/mol. The average molecular weight is 441 g/mol. The van der Waals surface area contributed by atoms with E-state index in [1.165, 1.54) is 0 Å². The molecule has 0 aliphatic carbocycles. The van der Waals surface area contributed by atoms with E-state index in [2.05, 4.69) is 31.9 Å². The van der Waals surface area contributed by atoms with E-state index in [9.17, 15) is 5.11 Å². The van der Waals surface area contributed by atoms with Gasteiger partial charge in [-0.05, 0) is 61.7 Å². The smallest absolute Gasteiger partial charge is 0.139 e. The van der Waals surface area contributed by atoms with Gasteiger partial charge in [0, 0.05) is 15.1 Å². The molecule has 0 aliphatic rings. The molecule has 0 saturated carbocycles. The zero-order chi connectivity index (χ0) is 14.9. The van der Waals surface area contributed by atoms with E-state index < -0.39 is 6.10 Å². The quantitative estimate of drug-likeness (QED) is 0.672. The Hall–Kier alpha value is -0.260. The van der Waals surface area contributed by atoms with Gasteiger partial charge in [-0.25, -0.2) is 0 Å². The highest BCUT2D eigenvalue weighted by Crippen LogP contribution is 2.39. The third kappa shape index (κ3) is 3.31. The van der Waals surface area contributed by atoms with Gasteiger partial charge in [0.25, 0.3) is 0 Å². The molecular weight excluding hydrogens is 431 g/mol. The van der Waals surface area contributed by atoms with Crippen molar-refractivity contribution in [1.82, 2.24) is 0 Å². The van der Waals surface area contributed by atoms with Gasteiger partial charge < -0.3 is 9.84 Å². The topological polar surface area (TPSA) is 29.5 Å². The SMILES string of the molecule is COc1c(Br)cc(Cl)cc1C(O)c1ccc(Br)c(Cl)c1. The molecule has 2 nitrogen and oxygen atoms in total. The molecule has 2 aromatic carbocycles. The van der Waals surface area contributed by atoms with Crippen molar-refractivity contribution >= 4 is 55.1 Å². The number of hydrogen-bond acceptors (Lipinski definition) is 2. The molecule has 0 aromatic heterocycles. The molecule has 1 atom stereocenters. The first-order valence-corrected chi connectivity index (χ1v) is 7.94. The largest absolute Gasteiger partial charge is 0.495 e. The van der Waals surface area contributed by atoms with Crippen molar-refractivity contribution in [2.45, 2.75) is 6.10 Å². The van der Waals surface area contributed by atoms with Gasteiger partial charge in [0.15, 0.2) is 0 Å². The van der Waals surface area contributed by atoms with Crippen LogP contribution in [0.3, 0.4) is 0 Å². The van der Waals surface area contributed by atoms with Gasteiger partial charge in [0.1, 0.15) is 11.9 Å². The highest BCUT2D eigenvalue weighted by Gasteiger charge is 2.19. The number of aliphatic hydroxyl groups is 1. The third-order valence-electron chi connectivity index (χ3n) is 2.80. The zero-order valence-electron chi connectivity index (χ0n) is 10.3. The Morgan fingerprint density at radius 1 is 1.10 bits per heavy atom. The number of halogens is 4. The fourth-order valence-electron chi connectivity index (χ4n) is 1.86. The van der Waals surface area contributed by atoms with E-state index >= 15 is 0 Å². The minimum absolute atomic E-state index is 0.509. The van der Waals surface area contributed by atoms with Crippen LogP contribution in [0.2, 0.25) is 10.0 Å². The highest BCUT2D eigenvalue weighted by atomic mass is 79.9. The maximum absolute atomic E-state index is 10.5. The maximum atomic E-state index is 10.5. The van der Waals surface area contributed by atoms with E-state index in [-0.39, 0.29) is 0 Å². The van der Waals surface area contributed by atoms with Gasteiger partial charge in [0.2, 0.25) is 0 Å². The Labute approximate surface area is 143 Å². The maximum Gasteiger partial charge on any atom is 0.139 e. The lowest BCUT2D eigenvalue weighted by Crippen LogP contribution is -2.03. The third-order valence-corrected chi connectivity index (χ3v) is 4.83. The number of benzene rings is 2. The summed E-state index contributed by atoms with van der Waals surface area (Å²) in [7, 11) is 1.54. The molecule has 2 rings (SSSR count). The fraction of sp³-hybridized carbons (Fsp3) is 0.143. The van der Waals surface area contributed by atoms with Gasteiger partial charge in [-0.15, -0.1) is 0 Å². The van der Waals surface area contributed by atoms with Crippen molar-refractivity contribution in [3.05, 3.63) is 60.4 Å². The molecular formula is C14H10Br2Cl2O2. The van der Waals surface area contributed by atoms with Crippen LogP contribution < -0.4 is 4.74 Å². The molecule has 0 bridgehead atoms. The molecule has 1 unspecified atom stereocenters. The molecule has 0 aliphatic heterocycles. The number of ether oxygens (including phenoxy) is 1. The van der Waals surface area contributed by atoms with Crippen molar-refractivity contribution in [1.29, 1.82) is 0 Å². The van der Waals surface area contributed by atoms with Crippen LogP contribution in [0.1, 0.15) is 17.2 Å². The van der Waals surface area contributed by atoms with E-state index in [0.29, 0.717) is 31.4 Å². The van der Waals surface area contributed by atoms with Crippen LogP contribution in [0.25, 0.3) is 0 Å². The normalized spacial score (nSPS) is 12.3. The van der Waals surface area contributed by atoms with Crippen molar-refractivity contribution in [3.8, 4) is 5.75 Å². The standard InChI is InChI=1S/C14H10Br2Cl2O2/c1-20-14-9(5-8(17)6-11(14)16)13(19)7-2-3-10(15)12(18)4-7/h2-6,13,19H,1H3. The van der Waals surface area contributed by atoms with Gasteiger partial charge in [-0.2, -0.15) is 0 Å². The minimum atomic E-state index is -0.884. The molecule has 0 radical (unpaired) electrons. The van der Waals surface area contributed by atoms with E-state index in [0.717, 1.165) is 4.47 Å². The lowest BCUT2D eigenvalue weighted by molar-refractivity contribution is 0.214. The summed E-state index contributed by atoms with van der Waals surface area (Å²) in [6, 6.07) is 8.66. The van der Waals surface area contributed by atoms with E-state index in [1.807, 2.05) is 0 Å². The fourth-order valence-corrected chi connectivity index (χ4v) is 3.29. The summed E-state index contributed by atoms with van der Waals surface area (Å²) >= 11 is 18.8. The van der Waals surface area contributed by atoms with Crippen LogP contribution in [0.15, 0.2) is 39.3 Å². The molecule has 0 saturated heterocycles. The number of rotatable bonds is 3. The van der Waals surface area contributed by atoms with Crippen LogP contribution in [-0.2, 0) is 0 Å². The van der Waals surface area contributed by atoms with Gasteiger partial charge in [0.05, 0.1) is 16.6 Å². The second-order valence-corrected chi connectivity index (χ2v) is 6.64. The number of methoxy groups -OCH3 is 1.